The van der Waals surface area contributed by atoms with Gasteiger partial charge in [0.1, 0.15) is 5.82 Å². The summed E-state index contributed by atoms with van der Waals surface area (Å²) in [6.45, 7) is 0. The minimum atomic E-state index is -0.961. The number of carbonyl (C=O) groups is 1. The van der Waals surface area contributed by atoms with Gasteiger partial charge < -0.3 is 5.11 Å². The number of carboxylic acids is 1. The van der Waals surface area contributed by atoms with E-state index in [-0.39, 0.29) is 10.6 Å². The van der Waals surface area contributed by atoms with Crippen molar-refractivity contribution in [1.82, 2.24) is 0 Å². The van der Waals surface area contributed by atoms with Crippen molar-refractivity contribution < 1.29 is 14.3 Å². The molecule has 1 N–H and O–H groups in total. The van der Waals surface area contributed by atoms with E-state index in [1.807, 2.05) is 0 Å². The van der Waals surface area contributed by atoms with E-state index in [4.69, 9.17) is 16.7 Å². The lowest BCUT2D eigenvalue weighted by molar-refractivity contribution is 0.0697. The maximum atomic E-state index is 13.7. The first-order chi connectivity index (χ1) is 9.08. The maximum Gasteiger partial charge on any atom is 0.335 e. The summed E-state index contributed by atoms with van der Waals surface area (Å²) in [6, 6.07) is 11.4. The molecule has 19 heavy (non-hydrogen) atoms. The van der Waals surface area contributed by atoms with Gasteiger partial charge in [0.2, 0.25) is 0 Å². The Hall–Kier alpha value is -1.52. The molecule has 0 saturated heterocycles. The second-order valence-electron chi connectivity index (χ2n) is 3.83. The second-order valence-corrected chi connectivity index (χ2v) is 5.29. The number of benzene rings is 2. The largest absolute Gasteiger partial charge is 0.478 e. The van der Waals surface area contributed by atoms with Gasteiger partial charge in [0.25, 0.3) is 0 Å². The van der Waals surface area contributed by atoms with Crippen LogP contribution in [0.25, 0.3) is 0 Å². The predicted octanol–water partition coefficient (Wildman–Crippen LogP) is 4.47. The molecule has 0 spiro atoms. The number of hydrogen-bond acceptors (Lipinski definition) is 2. The Morgan fingerprint density at radius 3 is 2.53 bits per heavy atom. The normalized spacial score (nSPS) is 10.4. The highest BCUT2D eigenvalue weighted by molar-refractivity contribution is 7.98. The van der Waals surface area contributed by atoms with E-state index in [2.05, 4.69) is 0 Å². The van der Waals surface area contributed by atoms with Crippen LogP contribution in [-0.4, -0.2) is 11.1 Å². The number of aromatic carboxylic acids is 1. The minimum absolute atomic E-state index is 0.110. The lowest BCUT2D eigenvalue weighted by Crippen LogP contribution is -1.94. The van der Waals surface area contributed by atoms with Crippen LogP contribution in [0.5, 0.6) is 0 Å². The number of hydrogen-bond donors (Lipinski definition) is 1. The maximum absolute atomic E-state index is 13.7. The van der Waals surface area contributed by atoms with Crippen molar-refractivity contribution in [2.45, 2.75) is 10.6 Å². The molecule has 0 aromatic heterocycles. The second kappa shape index (κ2) is 6.08. The van der Waals surface area contributed by atoms with Crippen LogP contribution in [0.3, 0.4) is 0 Å². The van der Waals surface area contributed by atoms with Gasteiger partial charge in [0.15, 0.2) is 0 Å². The Labute approximate surface area is 119 Å². The summed E-state index contributed by atoms with van der Waals surface area (Å²) in [5.41, 5.74) is 0.762. The predicted molar refractivity (Wildman–Crippen MR) is 74.4 cm³/mol. The SMILES string of the molecule is O=C(O)c1ccc(SCc2cccc(Cl)c2F)cc1. The molecular weight excluding hydrogens is 287 g/mol. The van der Waals surface area contributed by atoms with Gasteiger partial charge in [-0.25, -0.2) is 9.18 Å². The fraction of sp³-hybridized carbons (Fsp3) is 0.0714. The molecular formula is C14H10ClFO2S. The summed E-state index contributed by atoms with van der Waals surface area (Å²) in [5, 5.41) is 8.89. The van der Waals surface area contributed by atoms with E-state index >= 15 is 0 Å². The molecule has 0 bridgehead atoms. The van der Waals surface area contributed by atoms with Crippen molar-refractivity contribution >= 4 is 29.3 Å². The first kappa shape index (κ1) is 13.9. The average Bonchev–Trinajstić information content (AvgIpc) is 2.41. The molecule has 0 aliphatic heterocycles. The van der Waals surface area contributed by atoms with E-state index in [9.17, 15) is 9.18 Å². The third kappa shape index (κ3) is 3.49. The van der Waals surface area contributed by atoms with Crippen molar-refractivity contribution in [3.05, 3.63) is 64.4 Å². The van der Waals surface area contributed by atoms with Crippen LogP contribution in [0.4, 0.5) is 4.39 Å². The van der Waals surface area contributed by atoms with Crippen molar-refractivity contribution in [1.29, 1.82) is 0 Å². The zero-order valence-electron chi connectivity index (χ0n) is 9.77. The fourth-order valence-electron chi connectivity index (χ4n) is 1.51. The van der Waals surface area contributed by atoms with Gasteiger partial charge in [-0.1, -0.05) is 23.7 Å². The van der Waals surface area contributed by atoms with E-state index < -0.39 is 11.8 Å². The van der Waals surface area contributed by atoms with Gasteiger partial charge in [-0.3, -0.25) is 0 Å². The average molecular weight is 297 g/mol. The Kier molecular flexibility index (Phi) is 4.45. The molecule has 0 unspecified atom stereocenters. The highest BCUT2D eigenvalue weighted by Crippen LogP contribution is 2.26. The number of carboxylic acid groups (broad SMARTS) is 1. The van der Waals surface area contributed by atoms with Gasteiger partial charge in [-0.05, 0) is 35.9 Å². The van der Waals surface area contributed by atoms with Crippen LogP contribution in [0, 0.1) is 5.82 Å². The van der Waals surface area contributed by atoms with Gasteiger partial charge >= 0.3 is 5.97 Å². The Bertz CT molecular complexity index is 599. The van der Waals surface area contributed by atoms with Gasteiger partial charge in [-0.15, -0.1) is 11.8 Å². The number of rotatable bonds is 4. The third-order valence-corrected chi connectivity index (χ3v) is 3.88. The molecule has 2 nitrogen and oxygen atoms in total. The van der Waals surface area contributed by atoms with Crippen LogP contribution >= 0.6 is 23.4 Å². The van der Waals surface area contributed by atoms with Gasteiger partial charge in [0, 0.05) is 10.6 Å². The van der Waals surface area contributed by atoms with E-state index in [0.717, 1.165) is 4.90 Å². The zero-order valence-corrected chi connectivity index (χ0v) is 11.3. The molecule has 0 heterocycles. The molecule has 0 atom stereocenters. The molecule has 5 heteroatoms. The summed E-state index contributed by atoms with van der Waals surface area (Å²) >= 11 is 7.13. The van der Waals surface area contributed by atoms with Crippen LogP contribution in [0.1, 0.15) is 15.9 Å². The van der Waals surface area contributed by atoms with Crippen molar-refractivity contribution in [2.24, 2.45) is 0 Å². The lowest BCUT2D eigenvalue weighted by Gasteiger charge is -2.05. The van der Waals surface area contributed by atoms with Crippen LogP contribution in [0.2, 0.25) is 5.02 Å². The minimum Gasteiger partial charge on any atom is -0.478 e. The molecule has 0 fully saturated rings. The summed E-state index contributed by atoms with van der Waals surface area (Å²) < 4.78 is 13.7. The summed E-state index contributed by atoms with van der Waals surface area (Å²) in [4.78, 5) is 11.6. The zero-order chi connectivity index (χ0) is 13.8. The Morgan fingerprint density at radius 1 is 1.21 bits per heavy atom. The quantitative estimate of drug-likeness (QED) is 0.846. The fourth-order valence-corrected chi connectivity index (χ4v) is 2.58. The molecule has 2 aromatic rings. The number of halogens is 2. The molecule has 0 aliphatic carbocycles. The van der Waals surface area contributed by atoms with Crippen molar-refractivity contribution in [3.63, 3.8) is 0 Å². The monoisotopic (exact) mass is 296 g/mol. The van der Waals surface area contributed by atoms with Crippen molar-refractivity contribution in [2.75, 3.05) is 0 Å². The molecule has 98 valence electrons. The molecule has 2 aromatic carbocycles. The standard InChI is InChI=1S/C14H10ClFO2S/c15-12-3-1-2-10(13(12)16)8-19-11-6-4-9(5-7-11)14(17)18/h1-7H,8H2,(H,17,18). The molecule has 2 rings (SSSR count). The first-order valence-electron chi connectivity index (χ1n) is 5.47. The van der Waals surface area contributed by atoms with E-state index in [1.165, 1.54) is 30.0 Å². The third-order valence-electron chi connectivity index (χ3n) is 2.53. The summed E-state index contributed by atoms with van der Waals surface area (Å²) in [5.74, 6) is -0.921. The number of thioether (sulfide) groups is 1. The van der Waals surface area contributed by atoms with E-state index in [1.54, 1.807) is 24.3 Å². The molecule has 0 radical (unpaired) electrons. The van der Waals surface area contributed by atoms with Crippen molar-refractivity contribution in [3.8, 4) is 0 Å². The van der Waals surface area contributed by atoms with Crippen LogP contribution in [-0.2, 0) is 5.75 Å². The van der Waals surface area contributed by atoms with Crippen LogP contribution < -0.4 is 0 Å². The first-order valence-corrected chi connectivity index (χ1v) is 6.83. The Balaban J connectivity index is 2.06. The molecule has 0 saturated carbocycles. The topological polar surface area (TPSA) is 37.3 Å². The summed E-state index contributed by atoms with van der Waals surface area (Å²) in [6.07, 6.45) is 0. The lowest BCUT2D eigenvalue weighted by atomic mass is 10.2. The smallest absolute Gasteiger partial charge is 0.335 e. The van der Waals surface area contributed by atoms with Gasteiger partial charge in [-0.2, -0.15) is 0 Å². The van der Waals surface area contributed by atoms with Crippen LogP contribution in [0.15, 0.2) is 47.4 Å². The highest BCUT2D eigenvalue weighted by atomic mass is 35.5. The van der Waals surface area contributed by atoms with Gasteiger partial charge in [0.05, 0.1) is 10.6 Å². The van der Waals surface area contributed by atoms with E-state index in [0.29, 0.717) is 11.3 Å². The summed E-state index contributed by atoms with van der Waals surface area (Å²) in [7, 11) is 0. The Morgan fingerprint density at radius 2 is 1.89 bits per heavy atom. The molecule has 0 amide bonds. The molecule has 0 aliphatic rings. The highest BCUT2D eigenvalue weighted by Gasteiger charge is 2.07.